The van der Waals surface area contributed by atoms with E-state index in [1.807, 2.05) is 13.8 Å². The summed E-state index contributed by atoms with van der Waals surface area (Å²) in [6.07, 6.45) is 1.53. The third-order valence-corrected chi connectivity index (χ3v) is 7.53. The summed E-state index contributed by atoms with van der Waals surface area (Å²) in [5.74, 6) is -0.434. The van der Waals surface area contributed by atoms with Gasteiger partial charge in [-0.1, -0.05) is 13.0 Å². The van der Waals surface area contributed by atoms with Gasteiger partial charge in [0.05, 0.1) is 22.7 Å². The predicted molar refractivity (Wildman–Crippen MR) is 113 cm³/mol. The first kappa shape index (κ1) is 22.3. The lowest BCUT2D eigenvalue weighted by Gasteiger charge is -2.37. The van der Waals surface area contributed by atoms with Gasteiger partial charge in [-0.2, -0.15) is 13.9 Å². The van der Waals surface area contributed by atoms with E-state index in [0.717, 1.165) is 0 Å². The van der Waals surface area contributed by atoms with Gasteiger partial charge in [-0.15, -0.1) is 0 Å². The number of hydrogen-bond acceptors (Lipinski definition) is 7. The SMILES string of the molecule is CC(C)n1nc(-c2cccc(OC(F)F)n2)c2ncc(C(=O)CC3(C)CS(=O)(=O)C3)cc21. The molecule has 32 heavy (non-hydrogen) atoms. The molecule has 1 aliphatic rings. The maximum atomic E-state index is 12.8. The first-order chi connectivity index (χ1) is 15.0. The quantitative estimate of drug-likeness (QED) is 0.491. The van der Waals surface area contributed by atoms with Crippen molar-refractivity contribution in [3.63, 3.8) is 0 Å². The lowest BCUT2D eigenvalue weighted by atomic mass is 9.86. The van der Waals surface area contributed by atoms with E-state index in [1.165, 1.54) is 18.3 Å². The molecule has 0 atom stereocenters. The molecule has 4 rings (SSSR count). The summed E-state index contributed by atoms with van der Waals surface area (Å²) in [6.45, 7) is 2.61. The first-order valence-corrected chi connectivity index (χ1v) is 11.8. The lowest BCUT2D eigenvalue weighted by Crippen LogP contribution is -2.47. The molecule has 1 aliphatic heterocycles. The van der Waals surface area contributed by atoms with Crippen molar-refractivity contribution in [2.75, 3.05) is 11.5 Å². The summed E-state index contributed by atoms with van der Waals surface area (Å²) >= 11 is 0. The summed E-state index contributed by atoms with van der Waals surface area (Å²) in [7, 11) is -3.05. The number of aromatic nitrogens is 4. The van der Waals surface area contributed by atoms with Crippen LogP contribution in [0.4, 0.5) is 8.78 Å². The molecule has 1 saturated heterocycles. The van der Waals surface area contributed by atoms with Crippen LogP contribution in [-0.2, 0) is 9.84 Å². The third-order valence-electron chi connectivity index (χ3n) is 5.26. The van der Waals surface area contributed by atoms with Gasteiger partial charge >= 0.3 is 6.61 Å². The average molecular weight is 464 g/mol. The minimum absolute atomic E-state index is 0.00180. The van der Waals surface area contributed by atoms with Gasteiger partial charge in [-0.25, -0.2) is 13.4 Å². The van der Waals surface area contributed by atoms with Gasteiger partial charge in [0.15, 0.2) is 15.6 Å². The summed E-state index contributed by atoms with van der Waals surface area (Å²) in [4.78, 5) is 21.4. The summed E-state index contributed by atoms with van der Waals surface area (Å²) in [5.41, 5.74) is 1.54. The van der Waals surface area contributed by atoms with Crippen molar-refractivity contribution in [2.24, 2.45) is 5.41 Å². The van der Waals surface area contributed by atoms with Crippen LogP contribution in [0.15, 0.2) is 30.5 Å². The molecule has 0 saturated carbocycles. The number of sulfone groups is 1. The largest absolute Gasteiger partial charge is 0.417 e. The van der Waals surface area contributed by atoms with E-state index in [1.54, 1.807) is 23.7 Å². The van der Waals surface area contributed by atoms with E-state index in [9.17, 15) is 22.0 Å². The van der Waals surface area contributed by atoms with Crippen molar-refractivity contribution < 1.29 is 26.7 Å². The van der Waals surface area contributed by atoms with Crippen LogP contribution in [0.3, 0.4) is 0 Å². The van der Waals surface area contributed by atoms with Crippen molar-refractivity contribution in [2.45, 2.75) is 39.8 Å². The van der Waals surface area contributed by atoms with E-state index >= 15 is 0 Å². The van der Waals surface area contributed by atoms with Crippen LogP contribution in [0.5, 0.6) is 5.88 Å². The number of carbonyl (C=O) groups is 1. The number of pyridine rings is 2. The van der Waals surface area contributed by atoms with Gasteiger partial charge in [0, 0.05) is 35.7 Å². The Morgan fingerprint density at radius 3 is 2.62 bits per heavy atom. The third kappa shape index (κ3) is 4.34. The highest BCUT2D eigenvalue weighted by Crippen LogP contribution is 2.37. The normalized spacial score (nSPS) is 17.0. The lowest BCUT2D eigenvalue weighted by molar-refractivity contribution is -0.0527. The minimum atomic E-state index is -3.05. The first-order valence-electron chi connectivity index (χ1n) is 10.0. The molecule has 0 aliphatic carbocycles. The Morgan fingerprint density at radius 1 is 1.28 bits per heavy atom. The Morgan fingerprint density at radius 2 is 2.00 bits per heavy atom. The number of ether oxygens (including phenoxy) is 1. The molecule has 0 unspecified atom stereocenters. The molecule has 8 nitrogen and oxygen atoms in total. The smallest absolute Gasteiger partial charge is 0.388 e. The van der Waals surface area contributed by atoms with Gasteiger partial charge in [-0.3, -0.25) is 14.5 Å². The Labute approximate surface area is 183 Å². The monoisotopic (exact) mass is 464 g/mol. The van der Waals surface area contributed by atoms with Crippen molar-refractivity contribution in [3.05, 3.63) is 36.0 Å². The van der Waals surface area contributed by atoms with E-state index < -0.39 is 21.9 Å². The molecule has 170 valence electrons. The predicted octanol–water partition coefficient (Wildman–Crippen LogP) is 3.68. The van der Waals surface area contributed by atoms with Crippen LogP contribution in [0.25, 0.3) is 22.4 Å². The Bertz CT molecular complexity index is 1290. The van der Waals surface area contributed by atoms with Gasteiger partial charge < -0.3 is 4.74 Å². The number of nitrogens with zero attached hydrogens (tertiary/aromatic N) is 4. The Balaban J connectivity index is 1.71. The van der Waals surface area contributed by atoms with Gasteiger partial charge in [-0.05, 0) is 26.0 Å². The molecule has 0 N–H and O–H groups in total. The van der Waals surface area contributed by atoms with Crippen molar-refractivity contribution in [1.82, 2.24) is 19.7 Å². The fourth-order valence-electron chi connectivity index (χ4n) is 4.05. The van der Waals surface area contributed by atoms with Crippen molar-refractivity contribution >= 4 is 26.7 Å². The van der Waals surface area contributed by atoms with Crippen LogP contribution >= 0.6 is 0 Å². The molecule has 3 aromatic heterocycles. The number of Topliss-reactive ketones (excluding diaryl/α,β-unsaturated/α-hetero) is 1. The fourth-order valence-corrected chi connectivity index (χ4v) is 6.30. The number of hydrogen-bond donors (Lipinski definition) is 0. The molecule has 0 aromatic carbocycles. The van der Waals surface area contributed by atoms with Crippen LogP contribution in [0, 0.1) is 5.41 Å². The number of ketones is 1. The molecular weight excluding hydrogens is 442 g/mol. The highest BCUT2D eigenvalue weighted by atomic mass is 32.2. The van der Waals surface area contributed by atoms with Crippen LogP contribution in [-0.4, -0.2) is 52.1 Å². The van der Waals surface area contributed by atoms with E-state index in [4.69, 9.17) is 0 Å². The van der Waals surface area contributed by atoms with E-state index in [2.05, 4.69) is 19.8 Å². The second kappa shape index (κ2) is 7.88. The Hall–Kier alpha value is -2.95. The second-order valence-electron chi connectivity index (χ2n) is 8.66. The topological polar surface area (TPSA) is 104 Å². The number of carbonyl (C=O) groups excluding carboxylic acids is 1. The highest BCUT2D eigenvalue weighted by molar-refractivity contribution is 7.92. The zero-order chi connectivity index (χ0) is 23.3. The molecule has 11 heteroatoms. The average Bonchev–Trinajstić information content (AvgIpc) is 3.05. The Kier molecular flexibility index (Phi) is 5.48. The second-order valence-corrected chi connectivity index (χ2v) is 10.7. The maximum absolute atomic E-state index is 12.8. The van der Waals surface area contributed by atoms with Crippen molar-refractivity contribution in [3.8, 4) is 17.3 Å². The van der Waals surface area contributed by atoms with Crippen LogP contribution in [0.2, 0.25) is 0 Å². The number of alkyl halides is 2. The molecule has 0 radical (unpaired) electrons. The van der Waals surface area contributed by atoms with Gasteiger partial charge in [0.25, 0.3) is 0 Å². The van der Waals surface area contributed by atoms with Crippen LogP contribution in [0.1, 0.15) is 43.6 Å². The molecule has 3 aromatic rings. The molecule has 1 fully saturated rings. The zero-order valence-corrected chi connectivity index (χ0v) is 18.6. The molecular formula is C21H22F2N4O4S. The molecule has 4 heterocycles. The summed E-state index contributed by atoms with van der Waals surface area (Å²) in [5, 5.41) is 4.56. The molecule has 0 amide bonds. The van der Waals surface area contributed by atoms with Gasteiger partial charge in [0.1, 0.15) is 11.2 Å². The number of halogens is 2. The molecule has 0 bridgehead atoms. The van der Waals surface area contributed by atoms with Crippen LogP contribution < -0.4 is 4.74 Å². The zero-order valence-electron chi connectivity index (χ0n) is 17.7. The van der Waals surface area contributed by atoms with Crippen molar-refractivity contribution in [1.29, 1.82) is 0 Å². The fraction of sp³-hybridized carbons (Fsp3) is 0.429. The molecule has 0 spiro atoms. The highest BCUT2D eigenvalue weighted by Gasteiger charge is 2.45. The number of fused-ring (bicyclic) bond motifs is 1. The number of rotatable bonds is 7. The standard InChI is InChI=1S/C21H22F2N4O4S/c1-12(2)27-15-7-13(16(28)8-21(3)10-32(29,30)11-21)9-24-19(15)18(26-27)14-5-4-6-17(25-14)31-20(22)23/h4-7,9,12,20H,8,10-11H2,1-3H3. The summed E-state index contributed by atoms with van der Waals surface area (Å²) in [6, 6.07) is 6.07. The van der Waals surface area contributed by atoms with E-state index in [0.29, 0.717) is 28.0 Å². The van der Waals surface area contributed by atoms with E-state index in [-0.39, 0.29) is 35.6 Å². The minimum Gasteiger partial charge on any atom is -0.417 e. The van der Waals surface area contributed by atoms with Gasteiger partial charge in [0.2, 0.25) is 5.88 Å². The summed E-state index contributed by atoms with van der Waals surface area (Å²) < 4.78 is 54.3. The maximum Gasteiger partial charge on any atom is 0.388 e.